The molecule has 1 amide bonds. The Bertz CT molecular complexity index is 1010. The van der Waals surface area contributed by atoms with E-state index in [9.17, 15) is 14.4 Å². The highest BCUT2D eigenvalue weighted by Gasteiger charge is 2.22. The highest BCUT2D eigenvalue weighted by molar-refractivity contribution is 9.10. The van der Waals surface area contributed by atoms with E-state index in [0.717, 1.165) is 16.5 Å². The minimum absolute atomic E-state index is 0.00574. The molecule has 156 valence electrons. The predicted octanol–water partition coefficient (Wildman–Crippen LogP) is 3.38. The van der Waals surface area contributed by atoms with Gasteiger partial charge in [0.25, 0.3) is 11.5 Å². The van der Waals surface area contributed by atoms with Gasteiger partial charge in [0.15, 0.2) is 5.69 Å². The molecule has 0 fully saturated rings. The number of rotatable bonds is 8. The van der Waals surface area contributed by atoms with Crippen molar-refractivity contribution >= 4 is 39.4 Å². The van der Waals surface area contributed by atoms with Crippen molar-refractivity contribution in [3.8, 4) is 0 Å². The lowest BCUT2D eigenvalue weighted by Crippen LogP contribution is -2.41. The molecule has 0 saturated carbocycles. The van der Waals surface area contributed by atoms with Gasteiger partial charge >= 0.3 is 5.69 Å². The summed E-state index contributed by atoms with van der Waals surface area (Å²) in [5.41, 5.74) is 5.81. The maximum Gasteiger partial charge on any atom is 0.330 e. The number of hydrogen-bond donors (Lipinski definition) is 2. The Morgan fingerprint density at radius 1 is 1.31 bits per heavy atom. The normalized spacial score (nSPS) is 11.3. The van der Waals surface area contributed by atoms with Crippen LogP contribution in [-0.4, -0.2) is 22.0 Å². The molecule has 7 nitrogen and oxygen atoms in total. The molecule has 0 atom stereocenters. The summed E-state index contributed by atoms with van der Waals surface area (Å²) in [6.45, 7) is 6.54. The van der Waals surface area contributed by atoms with Crippen LogP contribution in [0.25, 0.3) is 6.08 Å². The first-order chi connectivity index (χ1) is 13.8. The number of nitrogens with two attached hydrogens (primary N) is 1. The Kier molecular flexibility index (Phi) is 8.01. The number of anilines is 2. The highest BCUT2D eigenvalue weighted by Crippen LogP contribution is 2.21. The average molecular weight is 463 g/mol. The fraction of sp³-hybridized carbons (Fsp3) is 0.381. The molecule has 2 rings (SSSR count). The first-order valence-electron chi connectivity index (χ1n) is 9.63. The zero-order valence-corrected chi connectivity index (χ0v) is 18.5. The number of aromatic nitrogens is 2. The summed E-state index contributed by atoms with van der Waals surface area (Å²) < 4.78 is 2.16. The first kappa shape index (κ1) is 22.7. The van der Waals surface area contributed by atoms with E-state index in [1.165, 1.54) is 15.5 Å². The molecular weight excluding hydrogens is 436 g/mol. The van der Waals surface area contributed by atoms with Crippen molar-refractivity contribution in [2.45, 2.75) is 40.2 Å². The fourth-order valence-electron chi connectivity index (χ4n) is 2.89. The van der Waals surface area contributed by atoms with Crippen LogP contribution >= 0.6 is 15.9 Å². The van der Waals surface area contributed by atoms with Crippen molar-refractivity contribution in [1.29, 1.82) is 0 Å². The topological polar surface area (TPSA) is 101 Å². The van der Waals surface area contributed by atoms with Gasteiger partial charge in [0.2, 0.25) is 0 Å². The van der Waals surface area contributed by atoms with Crippen molar-refractivity contribution < 1.29 is 4.79 Å². The zero-order valence-electron chi connectivity index (χ0n) is 16.9. The number of unbranched alkanes of at least 4 members (excludes halogenated alkanes) is 1. The Morgan fingerprint density at radius 3 is 2.62 bits per heavy atom. The molecule has 0 unspecified atom stereocenters. The monoisotopic (exact) mass is 462 g/mol. The summed E-state index contributed by atoms with van der Waals surface area (Å²) in [5.74, 6) is -0.226. The molecular formula is C21H27BrN4O3. The highest BCUT2D eigenvalue weighted by atomic mass is 79.9. The van der Waals surface area contributed by atoms with E-state index in [1.54, 1.807) is 6.08 Å². The van der Waals surface area contributed by atoms with Crippen LogP contribution in [0.2, 0.25) is 0 Å². The number of aromatic amines is 1. The number of hydrogen-bond acceptors (Lipinski definition) is 4. The molecule has 0 radical (unpaired) electrons. The maximum absolute atomic E-state index is 13.0. The van der Waals surface area contributed by atoms with Crippen LogP contribution < -0.4 is 21.9 Å². The van der Waals surface area contributed by atoms with Gasteiger partial charge in [0.1, 0.15) is 5.82 Å². The van der Waals surface area contributed by atoms with Gasteiger partial charge < -0.3 is 10.6 Å². The minimum atomic E-state index is -0.661. The van der Waals surface area contributed by atoms with E-state index < -0.39 is 11.2 Å². The quantitative estimate of drug-likeness (QED) is 0.586. The summed E-state index contributed by atoms with van der Waals surface area (Å²) >= 11 is 3.44. The van der Waals surface area contributed by atoms with Crippen molar-refractivity contribution in [2.75, 3.05) is 17.2 Å². The molecule has 29 heavy (non-hydrogen) atoms. The smallest absolute Gasteiger partial charge is 0.330 e. The van der Waals surface area contributed by atoms with Crippen LogP contribution in [0, 0.1) is 5.92 Å². The number of nitrogens with zero attached hydrogens (tertiary/aromatic N) is 2. The second-order valence-corrected chi connectivity index (χ2v) is 8.05. The SMILES string of the molecule is CCCCN(C(=O)/C=C/c1ccccc1Br)c1c(N)n(CC(C)C)c(=O)[nH]c1=O. The van der Waals surface area contributed by atoms with Crippen molar-refractivity contribution in [3.63, 3.8) is 0 Å². The summed E-state index contributed by atoms with van der Waals surface area (Å²) in [7, 11) is 0. The second-order valence-electron chi connectivity index (χ2n) is 7.20. The maximum atomic E-state index is 13.0. The third-order valence-corrected chi connectivity index (χ3v) is 5.07. The lowest BCUT2D eigenvalue weighted by atomic mass is 10.2. The molecule has 0 aliphatic heterocycles. The minimum Gasteiger partial charge on any atom is -0.383 e. The second kappa shape index (κ2) is 10.2. The number of carbonyl (C=O) groups excluding carboxylic acids is 1. The molecule has 0 spiro atoms. The molecule has 3 N–H and O–H groups in total. The van der Waals surface area contributed by atoms with Gasteiger partial charge in [-0.25, -0.2) is 4.79 Å². The molecule has 1 aromatic heterocycles. The van der Waals surface area contributed by atoms with Gasteiger partial charge in [0, 0.05) is 23.6 Å². The largest absolute Gasteiger partial charge is 0.383 e. The number of carbonyl (C=O) groups is 1. The average Bonchev–Trinajstić information content (AvgIpc) is 2.66. The third-order valence-electron chi connectivity index (χ3n) is 4.34. The number of benzene rings is 1. The number of halogens is 1. The molecule has 1 aromatic carbocycles. The van der Waals surface area contributed by atoms with Crippen molar-refractivity contribution in [1.82, 2.24) is 9.55 Å². The van der Waals surface area contributed by atoms with Crippen LogP contribution in [0.3, 0.4) is 0 Å². The van der Waals surface area contributed by atoms with E-state index in [2.05, 4.69) is 20.9 Å². The number of nitrogens with one attached hydrogen (secondary N) is 1. The summed E-state index contributed by atoms with van der Waals surface area (Å²) in [6.07, 6.45) is 4.62. The number of H-pyrrole nitrogens is 1. The predicted molar refractivity (Wildman–Crippen MR) is 121 cm³/mol. The van der Waals surface area contributed by atoms with E-state index in [4.69, 9.17) is 5.73 Å². The van der Waals surface area contributed by atoms with Gasteiger partial charge in [-0.15, -0.1) is 0 Å². The van der Waals surface area contributed by atoms with E-state index in [0.29, 0.717) is 19.5 Å². The molecule has 0 aliphatic carbocycles. The van der Waals surface area contributed by atoms with Gasteiger partial charge in [-0.1, -0.05) is 61.3 Å². The van der Waals surface area contributed by atoms with Crippen molar-refractivity contribution in [2.24, 2.45) is 5.92 Å². The van der Waals surface area contributed by atoms with Crippen LogP contribution in [-0.2, 0) is 11.3 Å². The standard InChI is InChI=1S/C21H27BrN4O3/c1-4-5-12-25(17(27)11-10-15-8-6-7-9-16(15)22)18-19(23)26(13-14(2)3)21(29)24-20(18)28/h6-11,14H,4-5,12-13,23H2,1-3H3,(H,24,28,29)/b11-10+. The van der Waals surface area contributed by atoms with Gasteiger partial charge in [-0.3, -0.25) is 19.1 Å². The first-order valence-corrected chi connectivity index (χ1v) is 10.4. The lowest BCUT2D eigenvalue weighted by Gasteiger charge is -2.23. The Balaban J connectivity index is 2.49. The molecule has 0 aliphatic rings. The summed E-state index contributed by atoms with van der Waals surface area (Å²) in [6, 6.07) is 7.50. The molecule has 0 bridgehead atoms. The lowest BCUT2D eigenvalue weighted by molar-refractivity contribution is -0.114. The van der Waals surface area contributed by atoms with Crippen LogP contribution in [0.4, 0.5) is 11.5 Å². The van der Waals surface area contributed by atoms with E-state index >= 15 is 0 Å². The number of nitrogen functional groups attached to an aromatic ring is 1. The van der Waals surface area contributed by atoms with E-state index in [-0.39, 0.29) is 23.3 Å². The summed E-state index contributed by atoms with van der Waals surface area (Å²) in [4.78, 5) is 41.4. The number of amides is 1. The van der Waals surface area contributed by atoms with Crippen LogP contribution in [0.5, 0.6) is 0 Å². The van der Waals surface area contributed by atoms with Gasteiger partial charge in [-0.05, 0) is 30.0 Å². The molecule has 8 heteroatoms. The molecule has 0 saturated heterocycles. The van der Waals surface area contributed by atoms with Crippen LogP contribution in [0.15, 0.2) is 44.4 Å². The Hall–Kier alpha value is -2.61. The Morgan fingerprint density at radius 2 is 2.00 bits per heavy atom. The molecule has 2 aromatic rings. The van der Waals surface area contributed by atoms with Crippen LogP contribution in [0.1, 0.15) is 39.2 Å². The Labute approximate surface area is 178 Å². The van der Waals surface area contributed by atoms with E-state index in [1.807, 2.05) is 45.0 Å². The van der Waals surface area contributed by atoms with Crippen molar-refractivity contribution in [3.05, 3.63) is 61.2 Å². The summed E-state index contributed by atoms with van der Waals surface area (Å²) in [5, 5.41) is 0. The third kappa shape index (κ3) is 5.69. The van der Waals surface area contributed by atoms with Gasteiger partial charge in [0.05, 0.1) is 0 Å². The van der Waals surface area contributed by atoms with Gasteiger partial charge in [-0.2, -0.15) is 0 Å². The zero-order chi connectivity index (χ0) is 21.6. The fourth-order valence-corrected chi connectivity index (χ4v) is 3.31. The molecule has 1 heterocycles.